The van der Waals surface area contributed by atoms with Gasteiger partial charge in [0.25, 0.3) is 0 Å². The van der Waals surface area contributed by atoms with Crippen LogP contribution in [-0.4, -0.2) is 27.7 Å². The van der Waals surface area contributed by atoms with Crippen LogP contribution < -0.4 is 11.1 Å². The number of rotatable bonds is 5. The molecule has 6 nitrogen and oxygen atoms in total. The first-order valence-electron chi connectivity index (χ1n) is 10.6. The highest BCUT2D eigenvalue weighted by molar-refractivity contribution is 7.99. The van der Waals surface area contributed by atoms with E-state index >= 15 is 0 Å². The summed E-state index contributed by atoms with van der Waals surface area (Å²) in [6.07, 6.45) is 1.02. The molecule has 3 heterocycles. The fourth-order valence-electron chi connectivity index (χ4n) is 4.03. The molecule has 0 radical (unpaired) electrons. The lowest BCUT2D eigenvalue weighted by Gasteiger charge is -2.26. The van der Waals surface area contributed by atoms with Crippen LogP contribution in [0.5, 0.6) is 0 Å². The third-order valence-corrected chi connectivity index (χ3v) is 7.66. The number of aromatic nitrogens is 2. The Bertz CT molecular complexity index is 1310. The number of carbonyl (C=O) groups excluding carboxylic acids is 1. The number of nitrogen functional groups attached to an aromatic ring is 1. The van der Waals surface area contributed by atoms with Gasteiger partial charge in [-0.15, -0.1) is 11.3 Å². The van der Waals surface area contributed by atoms with Crippen molar-refractivity contribution < 1.29 is 9.53 Å². The monoisotopic (exact) mass is 464 g/mol. The van der Waals surface area contributed by atoms with E-state index in [0.29, 0.717) is 23.5 Å². The van der Waals surface area contributed by atoms with Gasteiger partial charge < -0.3 is 15.8 Å². The molecule has 2 aromatic carbocycles. The van der Waals surface area contributed by atoms with Crippen molar-refractivity contribution in [3.8, 4) is 0 Å². The van der Waals surface area contributed by atoms with Gasteiger partial charge in [-0.1, -0.05) is 62.0 Å². The van der Waals surface area contributed by atoms with E-state index in [1.807, 2.05) is 42.5 Å². The molecule has 1 aliphatic rings. The molecule has 1 unspecified atom stereocenters. The van der Waals surface area contributed by atoms with E-state index in [0.717, 1.165) is 33.1 Å². The summed E-state index contributed by atoms with van der Waals surface area (Å²) in [7, 11) is 0. The van der Waals surface area contributed by atoms with Crippen molar-refractivity contribution in [1.29, 1.82) is 0 Å². The second-order valence-corrected chi connectivity index (χ2v) is 10.3. The van der Waals surface area contributed by atoms with E-state index in [1.165, 1.54) is 22.2 Å². The second kappa shape index (κ2) is 8.69. The molecule has 8 heteroatoms. The Morgan fingerprint density at radius 1 is 1.25 bits per heavy atom. The Morgan fingerprint density at radius 2 is 2.06 bits per heavy atom. The topological polar surface area (TPSA) is 90.1 Å². The summed E-state index contributed by atoms with van der Waals surface area (Å²) < 4.78 is 5.99. The maximum absolute atomic E-state index is 12.6. The van der Waals surface area contributed by atoms with E-state index in [9.17, 15) is 4.79 Å². The van der Waals surface area contributed by atoms with Gasteiger partial charge >= 0.3 is 0 Å². The zero-order valence-electron chi connectivity index (χ0n) is 17.9. The zero-order valence-corrected chi connectivity index (χ0v) is 19.6. The third-order valence-electron chi connectivity index (χ3n) is 5.71. The summed E-state index contributed by atoms with van der Waals surface area (Å²) in [5, 5.41) is 6.57. The predicted octanol–water partition coefficient (Wildman–Crippen LogP) is 5.25. The number of nitrogens with two attached hydrogens (primary N) is 1. The number of ether oxygens (including phenoxy) is 1. The van der Waals surface area contributed by atoms with Gasteiger partial charge in [0.1, 0.15) is 10.6 Å². The van der Waals surface area contributed by atoms with E-state index in [4.69, 9.17) is 15.5 Å². The summed E-state index contributed by atoms with van der Waals surface area (Å²) >= 11 is 2.90. The number of thiophene rings is 1. The molecule has 0 fully saturated rings. The largest absolute Gasteiger partial charge is 0.383 e. The van der Waals surface area contributed by atoms with Gasteiger partial charge in [0.2, 0.25) is 5.91 Å². The Hall–Kier alpha value is -2.68. The van der Waals surface area contributed by atoms with Crippen LogP contribution in [0.2, 0.25) is 0 Å². The third kappa shape index (κ3) is 4.05. The number of amides is 1. The maximum Gasteiger partial charge on any atom is 0.234 e. The molecule has 32 heavy (non-hydrogen) atoms. The van der Waals surface area contributed by atoms with Gasteiger partial charge in [0.05, 0.1) is 23.8 Å². The van der Waals surface area contributed by atoms with Crippen LogP contribution in [0, 0.1) is 5.92 Å². The molecule has 0 aliphatic carbocycles. The SMILES string of the molecule is CC(C)C1Cc2c(sc3nc(SCC(=O)Nc4cccc5ccccc45)nc(N)c23)CO1. The van der Waals surface area contributed by atoms with Crippen molar-refractivity contribution in [3.05, 3.63) is 52.9 Å². The second-order valence-electron chi connectivity index (χ2n) is 8.24. The zero-order chi connectivity index (χ0) is 22.2. The molecule has 0 spiro atoms. The molecule has 2 aromatic heterocycles. The Kier molecular flexibility index (Phi) is 5.75. The highest BCUT2D eigenvalue weighted by Crippen LogP contribution is 2.39. The lowest BCUT2D eigenvalue weighted by molar-refractivity contribution is -0.113. The van der Waals surface area contributed by atoms with Crippen LogP contribution in [0.25, 0.3) is 21.0 Å². The minimum Gasteiger partial charge on any atom is -0.383 e. The Morgan fingerprint density at radius 3 is 2.91 bits per heavy atom. The Labute approximate surface area is 194 Å². The molecule has 5 rings (SSSR count). The number of hydrogen-bond donors (Lipinski definition) is 2. The van der Waals surface area contributed by atoms with Crippen molar-refractivity contribution in [2.24, 2.45) is 5.92 Å². The average Bonchev–Trinajstić information content (AvgIpc) is 3.16. The quantitative estimate of drug-likeness (QED) is 0.309. The standard InChI is InChI=1S/C24H24N4O2S2/c1-13(2)18-10-16-19(11-30-18)32-23-21(16)22(25)27-24(28-23)31-12-20(29)26-17-9-5-7-14-6-3-4-8-15(14)17/h3-9,13,18H,10-12H2,1-2H3,(H,26,29)(H2,25,27,28). The number of benzene rings is 2. The molecular formula is C24H24N4O2S2. The van der Waals surface area contributed by atoms with Crippen LogP contribution >= 0.6 is 23.1 Å². The average molecular weight is 465 g/mol. The van der Waals surface area contributed by atoms with Gasteiger partial charge in [-0.25, -0.2) is 9.97 Å². The summed E-state index contributed by atoms with van der Waals surface area (Å²) in [6.45, 7) is 4.93. The number of nitrogens with zero attached hydrogens (tertiary/aromatic N) is 2. The fraction of sp³-hybridized carbons (Fsp3) is 0.292. The number of fused-ring (bicyclic) bond motifs is 4. The number of nitrogens with one attached hydrogen (secondary N) is 1. The molecular weight excluding hydrogens is 440 g/mol. The van der Waals surface area contributed by atoms with Gasteiger partial charge in [-0.05, 0) is 22.9 Å². The van der Waals surface area contributed by atoms with Crippen LogP contribution in [0.15, 0.2) is 47.6 Å². The predicted molar refractivity (Wildman–Crippen MR) is 132 cm³/mol. The normalized spacial score (nSPS) is 15.9. The summed E-state index contributed by atoms with van der Waals surface area (Å²) in [5.74, 6) is 1.02. The molecule has 164 valence electrons. The van der Waals surface area contributed by atoms with E-state index in [2.05, 4.69) is 24.1 Å². The summed E-state index contributed by atoms with van der Waals surface area (Å²) in [6, 6.07) is 13.9. The van der Waals surface area contributed by atoms with Crippen molar-refractivity contribution >= 4 is 61.5 Å². The Balaban J connectivity index is 1.32. The molecule has 3 N–H and O–H groups in total. The van der Waals surface area contributed by atoms with Gasteiger partial charge in [-0.3, -0.25) is 4.79 Å². The van der Waals surface area contributed by atoms with Crippen molar-refractivity contribution in [3.63, 3.8) is 0 Å². The van der Waals surface area contributed by atoms with Crippen molar-refractivity contribution in [2.75, 3.05) is 16.8 Å². The highest BCUT2D eigenvalue weighted by atomic mass is 32.2. The van der Waals surface area contributed by atoms with Gasteiger partial charge in [0.15, 0.2) is 5.16 Å². The van der Waals surface area contributed by atoms with Crippen LogP contribution in [0.3, 0.4) is 0 Å². The molecule has 0 bridgehead atoms. The van der Waals surface area contributed by atoms with E-state index < -0.39 is 0 Å². The fourth-order valence-corrected chi connectivity index (χ4v) is 5.87. The molecule has 0 saturated heterocycles. The van der Waals surface area contributed by atoms with Crippen LogP contribution in [-0.2, 0) is 22.6 Å². The first kappa shape index (κ1) is 21.2. The number of hydrogen-bond acceptors (Lipinski definition) is 7. The minimum absolute atomic E-state index is 0.104. The lowest BCUT2D eigenvalue weighted by Crippen LogP contribution is -2.26. The van der Waals surface area contributed by atoms with E-state index in [-0.39, 0.29) is 17.8 Å². The molecule has 1 atom stereocenters. The summed E-state index contributed by atoms with van der Waals surface area (Å²) in [4.78, 5) is 23.8. The number of thioether (sulfide) groups is 1. The van der Waals surface area contributed by atoms with Crippen molar-refractivity contribution in [1.82, 2.24) is 9.97 Å². The molecule has 1 amide bonds. The first-order valence-corrected chi connectivity index (χ1v) is 12.4. The van der Waals surface area contributed by atoms with Crippen LogP contribution in [0.4, 0.5) is 11.5 Å². The smallest absolute Gasteiger partial charge is 0.234 e. The number of carbonyl (C=O) groups is 1. The maximum atomic E-state index is 12.6. The van der Waals surface area contributed by atoms with Crippen LogP contribution in [0.1, 0.15) is 24.3 Å². The number of anilines is 2. The van der Waals surface area contributed by atoms with Crippen molar-refractivity contribution in [2.45, 2.75) is 38.1 Å². The molecule has 1 aliphatic heterocycles. The van der Waals surface area contributed by atoms with Gasteiger partial charge in [-0.2, -0.15) is 0 Å². The molecule has 0 saturated carbocycles. The lowest BCUT2D eigenvalue weighted by atomic mass is 9.96. The molecule has 4 aromatic rings. The van der Waals surface area contributed by atoms with Gasteiger partial charge in [0, 0.05) is 22.4 Å². The first-order chi connectivity index (χ1) is 15.5. The summed E-state index contributed by atoms with van der Waals surface area (Å²) in [5.41, 5.74) is 8.36. The van der Waals surface area contributed by atoms with E-state index in [1.54, 1.807) is 11.3 Å². The highest BCUT2D eigenvalue weighted by Gasteiger charge is 2.27. The minimum atomic E-state index is -0.104.